The third-order valence-electron chi connectivity index (χ3n) is 5.60. The van der Waals surface area contributed by atoms with E-state index in [4.69, 9.17) is 0 Å². The van der Waals surface area contributed by atoms with Crippen LogP contribution in [0.1, 0.15) is 53.2 Å². The standard InChI is InChI=1S/C20H20FN5O3S/c21-17-13(4-3-5-15(17)25-30(28,29)26-8-1-2-9-26)19(27)14-10-22-20-16(14)18(12-6-7-12)23-11-24-20/h3-5,10-12,25H,1-2,6-9H2,(H,22,23,24). The summed E-state index contributed by atoms with van der Waals surface area (Å²) in [6, 6.07) is 4.13. The van der Waals surface area contributed by atoms with Gasteiger partial charge in [0.25, 0.3) is 0 Å². The van der Waals surface area contributed by atoms with E-state index in [-0.39, 0.29) is 22.7 Å². The summed E-state index contributed by atoms with van der Waals surface area (Å²) < 4.78 is 43.8. The highest BCUT2D eigenvalue weighted by Gasteiger charge is 2.31. The van der Waals surface area contributed by atoms with Gasteiger partial charge >= 0.3 is 10.2 Å². The van der Waals surface area contributed by atoms with Crippen LogP contribution in [0.3, 0.4) is 0 Å². The van der Waals surface area contributed by atoms with Crippen LogP contribution in [0.5, 0.6) is 0 Å². The Labute approximate surface area is 172 Å². The number of fused-ring (bicyclic) bond motifs is 1. The second kappa shape index (κ2) is 7.13. The van der Waals surface area contributed by atoms with Gasteiger partial charge in [-0.1, -0.05) is 6.07 Å². The van der Waals surface area contributed by atoms with Crippen molar-refractivity contribution < 1.29 is 17.6 Å². The maximum absolute atomic E-state index is 15.2. The number of H-pyrrole nitrogens is 1. The number of aromatic amines is 1. The Morgan fingerprint density at radius 1 is 1.17 bits per heavy atom. The molecule has 0 amide bonds. The fraction of sp³-hybridized carbons (Fsp3) is 0.350. The van der Waals surface area contributed by atoms with Gasteiger partial charge in [-0.2, -0.15) is 12.7 Å². The molecule has 3 aromatic rings. The van der Waals surface area contributed by atoms with Crippen LogP contribution in [0.15, 0.2) is 30.7 Å². The molecule has 10 heteroatoms. The molecule has 5 rings (SSSR count). The van der Waals surface area contributed by atoms with Crippen molar-refractivity contribution in [2.75, 3.05) is 17.8 Å². The first-order valence-electron chi connectivity index (χ1n) is 9.89. The molecule has 0 radical (unpaired) electrons. The van der Waals surface area contributed by atoms with Crippen molar-refractivity contribution in [2.45, 2.75) is 31.6 Å². The lowest BCUT2D eigenvalue weighted by Crippen LogP contribution is -2.33. The second-order valence-corrected chi connectivity index (χ2v) is 9.34. The summed E-state index contributed by atoms with van der Waals surface area (Å²) in [7, 11) is -3.87. The maximum atomic E-state index is 15.2. The molecule has 2 N–H and O–H groups in total. The largest absolute Gasteiger partial charge is 0.345 e. The number of carbonyl (C=O) groups is 1. The topological polar surface area (TPSA) is 108 Å². The minimum Gasteiger partial charge on any atom is -0.345 e. The average Bonchev–Trinajstić information content (AvgIpc) is 3.24. The molecule has 2 aliphatic rings. The number of anilines is 1. The third-order valence-corrected chi connectivity index (χ3v) is 7.12. The highest BCUT2D eigenvalue weighted by atomic mass is 32.2. The first-order chi connectivity index (χ1) is 14.5. The molecule has 0 unspecified atom stereocenters. The Balaban J connectivity index is 1.52. The van der Waals surface area contributed by atoms with Gasteiger partial charge in [0.2, 0.25) is 0 Å². The summed E-state index contributed by atoms with van der Waals surface area (Å²) in [6.07, 6.45) is 6.49. The molecule has 1 aliphatic heterocycles. The van der Waals surface area contributed by atoms with Gasteiger partial charge in [0, 0.05) is 25.2 Å². The molecular formula is C20H20FN5O3S. The first-order valence-corrected chi connectivity index (χ1v) is 11.3. The lowest BCUT2D eigenvalue weighted by Gasteiger charge is -2.17. The predicted octanol–water partition coefficient (Wildman–Crippen LogP) is 2.96. The molecule has 1 aliphatic carbocycles. The van der Waals surface area contributed by atoms with E-state index in [2.05, 4.69) is 19.7 Å². The van der Waals surface area contributed by atoms with Crippen LogP contribution in [0.25, 0.3) is 11.0 Å². The van der Waals surface area contributed by atoms with E-state index in [1.807, 2.05) is 0 Å². The zero-order chi connectivity index (χ0) is 20.9. The summed E-state index contributed by atoms with van der Waals surface area (Å²) in [6.45, 7) is 0.795. The number of benzene rings is 1. The predicted molar refractivity (Wildman–Crippen MR) is 109 cm³/mol. The number of halogens is 1. The van der Waals surface area contributed by atoms with Crippen LogP contribution < -0.4 is 4.72 Å². The summed E-state index contributed by atoms with van der Waals surface area (Å²) in [5.74, 6) is -1.16. The number of hydrogen-bond acceptors (Lipinski definition) is 5. The lowest BCUT2D eigenvalue weighted by molar-refractivity contribution is 0.103. The second-order valence-electron chi connectivity index (χ2n) is 7.67. The summed E-state index contributed by atoms with van der Waals surface area (Å²) in [5, 5.41) is 0.604. The van der Waals surface area contributed by atoms with Gasteiger partial charge < -0.3 is 4.98 Å². The lowest BCUT2D eigenvalue weighted by atomic mass is 10.0. The number of nitrogens with one attached hydrogen (secondary N) is 2. The fourth-order valence-electron chi connectivity index (χ4n) is 3.90. The van der Waals surface area contributed by atoms with Gasteiger partial charge in [0.1, 0.15) is 12.0 Å². The Hall–Kier alpha value is -2.85. The molecular weight excluding hydrogens is 409 g/mol. The number of rotatable bonds is 6. The van der Waals surface area contributed by atoms with E-state index in [0.717, 1.165) is 31.4 Å². The number of hydrogen-bond donors (Lipinski definition) is 2. The van der Waals surface area contributed by atoms with Crippen molar-refractivity contribution in [1.82, 2.24) is 19.3 Å². The Bertz CT molecular complexity index is 1250. The molecule has 0 atom stereocenters. The third kappa shape index (κ3) is 3.25. The molecule has 156 valence electrons. The zero-order valence-corrected chi connectivity index (χ0v) is 16.9. The van der Waals surface area contributed by atoms with Crippen LogP contribution in [-0.4, -0.2) is 46.5 Å². The summed E-state index contributed by atoms with van der Waals surface area (Å²) in [5.41, 5.74) is 1.15. The Kier molecular flexibility index (Phi) is 4.55. The maximum Gasteiger partial charge on any atom is 0.301 e. The van der Waals surface area contributed by atoms with Crippen LogP contribution in [-0.2, 0) is 10.2 Å². The van der Waals surface area contributed by atoms with Crippen LogP contribution in [0, 0.1) is 5.82 Å². The highest BCUT2D eigenvalue weighted by molar-refractivity contribution is 7.90. The van der Waals surface area contributed by atoms with Gasteiger partial charge in [-0.15, -0.1) is 0 Å². The van der Waals surface area contributed by atoms with Crippen molar-refractivity contribution in [3.63, 3.8) is 0 Å². The van der Waals surface area contributed by atoms with Gasteiger partial charge in [-0.05, 0) is 37.8 Å². The van der Waals surface area contributed by atoms with Gasteiger partial charge in [-0.3, -0.25) is 9.52 Å². The van der Waals surface area contributed by atoms with Crippen LogP contribution >= 0.6 is 0 Å². The normalized spacial score (nSPS) is 17.5. The smallest absolute Gasteiger partial charge is 0.301 e. The number of aromatic nitrogens is 3. The van der Waals surface area contributed by atoms with E-state index < -0.39 is 21.8 Å². The van der Waals surface area contributed by atoms with Gasteiger partial charge in [0.05, 0.1) is 27.9 Å². The molecule has 2 aromatic heterocycles. The number of nitrogens with zero attached hydrogens (tertiary/aromatic N) is 3. The van der Waals surface area contributed by atoms with Gasteiger partial charge in [0.15, 0.2) is 11.6 Å². The SMILES string of the molecule is O=C(c1cccc(NS(=O)(=O)N2CCCC2)c1F)c1c[nH]c2ncnc(C3CC3)c12. The Morgan fingerprint density at radius 3 is 2.67 bits per heavy atom. The van der Waals surface area contributed by atoms with Crippen molar-refractivity contribution in [1.29, 1.82) is 0 Å². The van der Waals surface area contributed by atoms with Crippen molar-refractivity contribution in [3.05, 3.63) is 53.4 Å². The molecule has 0 spiro atoms. The molecule has 8 nitrogen and oxygen atoms in total. The molecule has 30 heavy (non-hydrogen) atoms. The minimum atomic E-state index is -3.87. The van der Waals surface area contributed by atoms with Crippen molar-refractivity contribution in [2.24, 2.45) is 0 Å². The molecule has 1 aromatic carbocycles. The highest BCUT2D eigenvalue weighted by Crippen LogP contribution is 2.42. The first kappa shape index (κ1) is 19.1. The van der Waals surface area contributed by atoms with Crippen molar-refractivity contribution >= 4 is 32.7 Å². The molecule has 1 saturated heterocycles. The van der Waals surface area contributed by atoms with E-state index >= 15 is 4.39 Å². The number of carbonyl (C=O) groups excluding carboxylic acids is 1. The van der Waals surface area contributed by atoms with Crippen LogP contribution in [0.2, 0.25) is 0 Å². The average molecular weight is 429 g/mol. The zero-order valence-electron chi connectivity index (χ0n) is 16.1. The van der Waals surface area contributed by atoms with E-state index in [1.165, 1.54) is 35.0 Å². The Morgan fingerprint density at radius 2 is 1.93 bits per heavy atom. The van der Waals surface area contributed by atoms with Crippen LogP contribution in [0.4, 0.5) is 10.1 Å². The van der Waals surface area contributed by atoms with E-state index in [0.29, 0.717) is 24.1 Å². The molecule has 0 bridgehead atoms. The fourth-order valence-corrected chi connectivity index (χ4v) is 5.20. The molecule has 3 heterocycles. The summed E-state index contributed by atoms with van der Waals surface area (Å²) in [4.78, 5) is 24.7. The summed E-state index contributed by atoms with van der Waals surface area (Å²) >= 11 is 0. The quantitative estimate of drug-likeness (QED) is 0.586. The number of ketones is 1. The monoisotopic (exact) mass is 429 g/mol. The minimum absolute atomic E-state index is 0.205. The van der Waals surface area contributed by atoms with E-state index in [1.54, 1.807) is 0 Å². The molecule has 2 fully saturated rings. The van der Waals surface area contributed by atoms with E-state index in [9.17, 15) is 13.2 Å². The van der Waals surface area contributed by atoms with Gasteiger partial charge in [-0.25, -0.2) is 14.4 Å². The molecule has 1 saturated carbocycles. The van der Waals surface area contributed by atoms with Crippen molar-refractivity contribution in [3.8, 4) is 0 Å².